The lowest BCUT2D eigenvalue weighted by atomic mass is 10.3. The highest BCUT2D eigenvalue weighted by atomic mass is 35.5. The van der Waals surface area contributed by atoms with E-state index in [0.29, 0.717) is 42.9 Å². The number of imide groups is 1. The molecule has 2 aromatic rings. The molecular formula is C21H27ClN4O5S. The van der Waals surface area contributed by atoms with Gasteiger partial charge in [0, 0.05) is 38.1 Å². The van der Waals surface area contributed by atoms with Gasteiger partial charge in [-0.1, -0.05) is 25.2 Å². The number of carbonyl (C=O) groups excluding carboxylic acids is 3. The number of hydrogen-bond donors (Lipinski definition) is 0. The van der Waals surface area contributed by atoms with Gasteiger partial charge in [-0.2, -0.15) is 0 Å². The number of likely N-dealkylation sites (tertiary alicyclic amines) is 1. The lowest BCUT2D eigenvalue weighted by molar-refractivity contribution is -0.141. The van der Waals surface area contributed by atoms with Gasteiger partial charge < -0.3 is 14.4 Å². The molecule has 1 aromatic heterocycles. The maximum absolute atomic E-state index is 13.2. The molecule has 3 amide bonds. The van der Waals surface area contributed by atoms with E-state index in [2.05, 4.69) is 23.7 Å². The van der Waals surface area contributed by atoms with E-state index in [-0.39, 0.29) is 49.5 Å². The standard InChI is InChI=1S/C21H26N4O5S.ClH/c1-3-23(4-2)7-8-24(20(28)13-25-18(26)5-6-19(25)27)21-22-14-11-15-16(12-17(14)31-21)30-10-9-29-15;/h11-12H,3-10,13H2,1-2H3;1H. The predicted molar refractivity (Wildman–Crippen MR) is 124 cm³/mol. The van der Waals surface area contributed by atoms with Crippen LogP contribution in [0, 0.1) is 0 Å². The molecule has 4 rings (SSSR count). The Morgan fingerprint density at radius 1 is 1.06 bits per heavy atom. The Morgan fingerprint density at radius 3 is 2.31 bits per heavy atom. The van der Waals surface area contributed by atoms with Crippen molar-refractivity contribution < 1.29 is 23.9 Å². The second-order valence-corrected chi connectivity index (χ2v) is 8.42. The van der Waals surface area contributed by atoms with Gasteiger partial charge in [-0.15, -0.1) is 12.4 Å². The van der Waals surface area contributed by atoms with E-state index in [1.54, 1.807) is 4.90 Å². The van der Waals surface area contributed by atoms with Crippen LogP contribution in [-0.4, -0.2) is 78.4 Å². The smallest absolute Gasteiger partial charge is 0.248 e. The maximum Gasteiger partial charge on any atom is 0.248 e. The summed E-state index contributed by atoms with van der Waals surface area (Å²) < 4.78 is 12.2. The van der Waals surface area contributed by atoms with E-state index in [4.69, 9.17) is 9.47 Å². The Balaban J connectivity index is 0.00000289. The number of nitrogens with zero attached hydrogens (tertiary/aromatic N) is 4. The molecule has 1 fully saturated rings. The van der Waals surface area contributed by atoms with Gasteiger partial charge in [-0.3, -0.25) is 24.2 Å². The third-order valence-electron chi connectivity index (χ3n) is 5.56. The van der Waals surface area contributed by atoms with Crippen LogP contribution in [-0.2, 0) is 14.4 Å². The monoisotopic (exact) mass is 482 g/mol. The number of amides is 3. The fourth-order valence-corrected chi connectivity index (χ4v) is 4.72. The lowest BCUT2D eigenvalue weighted by Gasteiger charge is -2.26. The van der Waals surface area contributed by atoms with Crippen molar-refractivity contribution in [1.29, 1.82) is 0 Å². The Kier molecular flexibility index (Phi) is 7.91. The van der Waals surface area contributed by atoms with Gasteiger partial charge >= 0.3 is 0 Å². The molecule has 9 nitrogen and oxygen atoms in total. The van der Waals surface area contributed by atoms with Crippen LogP contribution in [0.3, 0.4) is 0 Å². The number of thiazole rings is 1. The van der Waals surface area contributed by atoms with Crippen molar-refractivity contribution in [3.8, 4) is 11.5 Å². The third kappa shape index (κ3) is 4.97. The van der Waals surface area contributed by atoms with Crippen LogP contribution in [0.15, 0.2) is 12.1 Å². The minimum atomic E-state index is -0.313. The molecule has 2 aliphatic heterocycles. The molecule has 0 saturated carbocycles. The number of rotatable bonds is 8. The summed E-state index contributed by atoms with van der Waals surface area (Å²) in [6.45, 7) is 7.68. The molecule has 0 N–H and O–H groups in total. The summed E-state index contributed by atoms with van der Waals surface area (Å²) in [6, 6.07) is 3.70. The SMILES string of the molecule is CCN(CC)CCN(C(=O)CN1C(=O)CCC1=O)c1nc2cc3c(cc2s1)OCCO3.Cl. The number of halogens is 1. The molecule has 11 heteroatoms. The third-order valence-corrected chi connectivity index (χ3v) is 6.60. The first kappa shape index (κ1) is 24.2. The molecule has 0 aliphatic carbocycles. The lowest BCUT2D eigenvalue weighted by Crippen LogP contribution is -2.45. The average Bonchev–Trinajstić information content (AvgIpc) is 3.32. The number of ether oxygens (including phenoxy) is 2. The van der Waals surface area contributed by atoms with E-state index in [0.717, 1.165) is 28.2 Å². The highest BCUT2D eigenvalue weighted by molar-refractivity contribution is 7.22. The Morgan fingerprint density at radius 2 is 1.69 bits per heavy atom. The van der Waals surface area contributed by atoms with Gasteiger partial charge in [-0.05, 0) is 13.1 Å². The van der Waals surface area contributed by atoms with Crippen molar-refractivity contribution >= 4 is 56.8 Å². The first-order valence-corrected chi connectivity index (χ1v) is 11.4. The minimum absolute atomic E-state index is 0. The van der Waals surface area contributed by atoms with Crippen molar-refractivity contribution in [2.24, 2.45) is 0 Å². The van der Waals surface area contributed by atoms with Crippen molar-refractivity contribution in [1.82, 2.24) is 14.8 Å². The van der Waals surface area contributed by atoms with E-state index in [1.165, 1.54) is 11.3 Å². The quantitative estimate of drug-likeness (QED) is 0.533. The Hall–Kier alpha value is -2.43. The second-order valence-electron chi connectivity index (χ2n) is 7.41. The zero-order chi connectivity index (χ0) is 22.0. The number of anilines is 1. The second kappa shape index (κ2) is 10.5. The van der Waals surface area contributed by atoms with Crippen molar-refractivity contribution in [3.63, 3.8) is 0 Å². The summed E-state index contributed by atoms with van der Waals surface area (Å²) in [7, 11) is 0. The van der Waals surface area contributed by atoms with Gasteiger partial charge in [-0.25, -0.2) is 4.98 Å². The molecule has 3 heterocycles. The summed E-state index contributed by atoms with van der Waals surface area (Å²) in [5, 5.41) is 0.536. The molecule has 0 atom stereocenters. The number of likely N-dealkylation sites (N-methyl/N-ethyl adjacent to an activating group) is 1. The number of carbonyl (C=O) groups is 3. The van der Waals surface area contributed by atoms with Crippen LogP contribution in [0.5, 0.6) is 11.5 Å². The molecule has 1 aromatic carbocycles. The summed E-state index contributed by atoms with van der Waals surface area (Å²) in [5.74, 6) is 0.404. The summed E-state index contributed by atoms with van der Waals surface area (Å²) in [4.78, 5) is 46.7. The predicted octanol–water partition coefficient (Wildman–Crippen LogP) is 2.31. The highest BCUT2D eigenvalue weighted by Crippen LogP contribution is 2.38. The van der Waals surface area contributed by atoms with Crippen LogP contribution in [0.25, 0.3) is 10.2 Å². The molecule has 1 saturated heterocycles. The van der Waals surface area contributed by atoms with Crippen molar-refractivity contribution in [3.05, 3.63) is 12.1 Å². The van der Waals surface area contributed by atoms with Gasteiger partial charge in [0.1, 0.15) is 19.8 Å². The fourth-order valence-electron chi connectivity index (χ4n) is 3.70. The van der Waals surface area contributed by atoms with Crippen LogP contribution in [0.2, 0.25) is 0 Å². The first-order valence-electron chi connectivity index (χ1n) is 10.6. The number of fused-ring (bicyclic) bond motifs is 2. The highest BCUT2D eigenvalue weighted by Gasteiger charge is 2.33. The Bertz CT molecular complexity index is 950. The van der Waals surface area contributed by atoms with Crippen LogP contribution < -0.4 is 14.4 Å². The molecule has 0 bridgehead atoms. The van der Waals surface area contributed by atoms with Crippen LogP contribution in [0.1, 0.15) is 26.7 Å². The van der Waals surface area contributed by atoms with Crippen molar-refractivity contribution in [2.75, 3.05) is 50.8 Å². The molecular weight excluding hydrogens is 456 g/mol. The molecule has 0 unspecified atom stereocenters. The fraction of sp³-hybridized carbons (Fsp3) is 0.524. The Labute approximate surface area is 196 Å². The number of aromatic nitrogens is 1. The zero-order valence-electron chi connectivity index (χ0n) is 18.2. The largest absolute Gasteiger partial charge is 0.486 e. The zero-order valence-corrected chi connectivity index (χ0v) is 19.8. The van der Waals surface area contributed by atoms with E-state index < -0.39 is 0 Å². The van der Waals surface area contributed by atoms with Gasteiger partial charge in [0.05, 0.1) is 10.2 Å². The molecule has 0 spiro atoms. The van der Waals surface area contributed by atoms with Crippen molar-refractivity contribution in [2.45, 2.75) is 26.7 Å². The summed E-state index contributed by atoms with van der Waals surface area (Å²) in [6.07, 6.45) is 0.330. The topological polar surface area (TPSA) is 92.3 Å². The van der Waals surface area contributed by atoms with Gasteiger partial charge in [0.15, 0.2) is 16.6 Å². The minimum Gasteiger partial charge on any atom is -0.486 e. The van der Waals surface area contributed by atoms with Crippen LogP contribution in [0.4, 0.5) is 5.13 Å². The first-order chi connectivity index (χ1) is 15.0. The van der Waals surface area contributed by atoms with Gasteiger partial charge in [0.2, 0.25) is 17.7 Å². The van der Waals surface area contributed by atoms with E-state index >= 15 is 0 Å². The molecule has 0 radical (unpaired) electrons. The maximum atomic E-state index is 13.2. The molecule has 2 aliphatic rings. The normalized spacial score (nSPS) is 15.4. The summed E-state index contributed by atoms with van der Waals surface area (Å²) in [5.41, 5.74) is 0.721. The number of benzene rings is 1. The number of hydrogen-bond acceptors (Lipinski definition) is 8. The van der Waals surface area contributed by atoms with Gasteiger partial charge in [0.25, 0.3) is 0 Å². The average molecular weight is 483 g/mol. The molecule has 32 heavy (non-hydrogen) atoms. The van der Waals surface area contributed by atoms with E-state index in [9.17, 15) is 14.4 Å². The molecule has 174 valence electrons. The van der Waals surface area contributed by atoms with E-state index in [1.807, 2.05) is 12.1 Å². The summed E-state index contributed by atoms with van der Waals surface area (Å²) >= 11 is 1.38. The van der Waals surface area contributed by atoms with Crippen LogP contribution >= 0.6 is 23.7 Å².